The van der Waals surface area contributed by atoms with Crippen molar-refractivity contribution >= 4 is 28.3 Å². The number of nitrogens with one attached hydrogen (secondary N) is 1. The lowest BCUT2D eigenvalue weighted by Crippen LogP contribution is -2.02. The van der Waals surface area contributed by atoms with Crippen LogP contribution in [0.2, 0.25) is 0 Å². The fraction of sp³-hybridized carbons (Fsp3) is 0.250. The molecule has 0 radical (unpaired) electrons. The Bertz CT molecular complexity index is 661. The summed E-state index contributed by atoms with van der Waals surface area (Å²) in [7, 11) is 4.78. The molecule has 6 heteroatoms. The smallest absolute Gasteiger partial charge is 0.171 e. The Balaban J connectivity index is 2.21. The molecule has 0 heterocycles. The average molecular weight is 415 g/mol. The molecule has 22 heavy (non-hydrogen) atoms. The van der Waals surface area contributed by atoms with E-state index < -0.39 is 0 Å². The van der Waals surface area contributed by atoms with Gasteiger partial charge in [0.05, 0.1) is 30.6 Å². The van der Waals surface area contributed by atoms with Gasteiger partial charge in [-0.1, -0.05) is 0 Å². The second-order valence-corrected chi connectivity index (χ2v) is 5.71. The molecule has 0 aliphatic heterocycles. The number of ether oxygens (including phenoxy) is 3. The molecule has 0 aliphatic rings. The Hall–Kier alpha value is -1.83. The van der Waals surface area contributed by atoms with Gasteiger partial charge in [-0.05, 0) is 52.4 Å². The summed E-state index contributed by atoms with van der Waals surface area (Å²) in [5.74, 6) is 2.11. The van der Waals surface area contributed by atoms with Gasteiger partial charge in [0.1, 0.15) is 11.5 Å². The van der Waals surface area contributed by atoms with E-state index in [0.717, 1.165) is 26.3 Å². The minimum atomic E-state index is 0.158. The van der Waals surface area contributed by atoms with Gasteiger partial charge in [0.15, 0.2) is 11.5 Å². The third-order valence-electron chi connectivity index (χ3n) is 3.20. The van der Waals surface area contributed by atoms with E-state index in [2.05, 4.69) is 27.9 Å². The number of methoxy groups -OCH3 is 3. The zero-order valence-corrected chi connectivity index (χ0v) is 14.8. The highest BCUT2D eigenvalue weighted by atomic mass is 127. The van der Waals surface area contributed by atoms with E-state index >= 15 is 0 Å². The minimum absolute atomic E-state index is 0.158. The molecular weight excluding hydrogens is 397 g/mol. The van der Waals surface area contributed by atoms with Crippen LogP contribution in [0.15, 0.2) is 30.3 Å². The summed E-state index contributed by atoms with van der Waals surface area (Å²) < 4.78 is 16.5. The van der Waals surface area contributed by atoms with Crippen LogP contribution in [0, 0.1) is 3.57 Å². The number of phenols is 1. The topological polar surface area (TPSA) is 60.0 Å². The Labute approximate surface area is 143 Å². The monoisotopic (exact) mass is 415 g/mol. The summed E-state index contributed by atoms with van der Waals surface area (Å²) in [6, 6.07) is 9.27. The fourth-order valence-corrected chi connectivity index (χ4v) is 2.70. The summed E-state index contributed by atoms with van der Waals surface area (Å²) in [6.07, 6.45) is 0. The highest BCUT2D eigenvalue weighted by Gasteiger charge is 2.10. The average Bonchev–Trinajstić information content (AvgIpc) is 2.55. The van der Waals surface area contributed by atoms with E-state index in [4.69, 9.17) is 14.2 Å². The predicted molar refractivity (Wildman–Crippen MR) is 94.2 cm³/mol. The first-order valence-electron chi connectivity index (χ1n) is 6.60. The Morgan fingerprint density at radius 2 is 1.73 bits per heavy atom. The molecular formula is C16H18INO4. The van der Waals surface area contributed by atoms with Gasteiger partial charge in [-0.3, -0.25) is 0 Å². The van der Waals surface area contributed by atoms with Crippen molar-refractivity contribution in [1.29, 1.82) is 0 Å². The lowest BCUT2D eigenvalue weighted by molar-refractivity contribution is 0.371. The van der Waals surface area contributed by atoms with Crippen LogP contribution in [0.5, 0.6) is 23.0 Å². The van der Waals surface area contributed by atoms with E-state index in [1.165, 1.54) is 7.11 Å². The van der Waals surface area contributed by atoms with Crippen molar-refractivity contribution in [2.45, 2.75) is 6.54 Å². The van der Waals surface area contributed by atoms with Gasteiger partial charge in [-0.25, -0.2) is 0 Å². The number of aromatic hydroxyl groups is 1. The minimum Gasteiger partial charge on any atom is -0.504 e. The largest absolute Gasteiger partial charge is 0.504 e. The first-order valence-corrected chi connectivity index (χ1v) is 7.68. The van der Waals surface area contributed by atoms with Crippen molar-refractivity contribution in [3.05, 3.63) is 39.5 Å². The molecule has 0 saturated heterocycles. The van der Waals surface area contributed by atoms with Crippen molar-refractivity contribution in [2.24, 2.45) is 0 Å². The van der Waals surface area contributed by atoms with Crippen LogP contribution in [-0.2, 0) is 6.54 Å². The second kappa shape index (κ2) is 7.44. The molecule has 0 aliphatic carbocycles. The van der Waals surface area contributed by atoms with E-state index in [0.29, 0.717) is 12.3 Å². The molecule has 0 bridgehead atoms. The number of rotatable bonds is 6. The predicted octanol–water partition coefficient (Wildman–Crippen LogP) is 3.63. The Morgan fingerprint density at radius 3 is 2.36 bits per heavy atom. The molecule has 2 N–H and O–H groups in total. The maximum absolute atomic E-state index is 9.87. The number of anilines is 1. The lowest BCUT2D eigenvalue weighted by atomic mass is 10.2. The van der Waals surface area contributed by atoms with Crippen molar-refractivity contribution in [3.8, 4) is 23.0 Å². The summed E-state index contributed by atoms with van der Waals surface area (Å²) in [5, 5.41) is 13.2. The Kier molecular flexibility index (Phi) is 5.59. The molecule has 5 nitrogen and oxygen atoms in total. The lowest BCUT2D eigenvalue weighted by Gasteiger charge is -2.14. The van der Waals surface area contributed by atoms with Gasteiger partial charge in [-0.15, -0.1) is 0 Å². The van der Waals surface area contributed by atoms with Gasteiger partial charge in [0.25, 0.3) is 0 Å². The van der Waals surface area contributed by atoms with Crippen molar-refractivity contribution in [3.63, 3.8) is 0 Å². The highest BCUT2D eigenvalue weighted by molar-refractivity contribution is 14.1. The molecule has 0 fully saturated rings. The SMILES string of the molecule is COc1ccc(OC)c(NCc2cc(I)c(O)c(OC)c2)c1. The molecule has 0 atom stereocenters. The summed E-state index contributed by atoms with van der Waals surface area (Å²) >= 11 is 2.08. The van der Waals surface area contributed by atoms with Crippen LogP contribution in [0.25, 0.3) is 0 Å². The van der Waals surface area contributed by atoms with Crippen molar-refractivity contribution < 1.29 is 19.3 Å². The Morgan fingerprint density at radius 1 is 1.00 bits per heavy atom. The van der Waals surface area contributed by atoms with Gasteiger partial charge < -0.3 is 24.6 Å². The molecule has 2 aromatic carbocycles. The molecule has 0 aromatic heterocycles. The normalized spacial score (nSPS) is 10.2. The zero-order chi connectivity index (χ0) is 16.1. The number of phenolic OH excluding ortho intramolecular Hbond substituents is 1. The molecule has 0 saturated carbocycles. The van der Waals surface area contributed by atoms with E-state index in [1.54, 1.807) is 20.3 Å². The first-order chi connectivity index (χ1) is 10.6. The number of halogens is 1. The third kappa shape index (κ3) is 3.68. The van der Waals surface area contributed by atoms with E-state index in [9.17, 15) is 5.11 Å². The van der Waals surface area contributed by atoms with Crippen LogP contribution in [-0.4, -0.2) is 26.4 Å². The third-order valence-corrected chi connectivity index (χ3v) is 4.02. The highest BCUT2D eigenvalue weighted by Crippen LogP contribution is 2.33. The number of benzene rings is 2. The van der Waals surface area contributed by atoms with Gasteiger partial charge in [0.2, 0.25) is 0 Å². The van der Waals surface area contributed by atoms with Gasteiger partial charge >= 0.3 is 0 Å². The molecule has 0 spiro atoms. The summed E-state index contributed by atoms with van der Waals surface area (Å²) in [6.45, 7) is 0.566. The number of hydrogen-bond donors (Lipinski definition) is 2. The van der Waals surface area contributed by atoms with Crippen LogP contribution in [0.1, 0.15) is 5.56 Å². The maximum atomic E-state index is 9.87. The number of hydrogen-bond acceptors (Lipinski definition) is 5. The van der Waals surface area contributed by atoms with Crippen LogP contribution in [0.3, 0.4) is 0 Å². The van der Waals surface area contributed by atoms with Gasteiger partial charge in [-0.2, -0.15) is 0 Å². The van der Waals surface area contributed by atoms with E-state index in [-0.39, 0.29) is 5.75 Å². The van der Waals surface area contributed by atoms with Crippen molar-refractivity contribution in [1.82, 2.24) is 0 Å². The molecule has 118 valence electrons. The summed E-state index contributed by atoms with van der Waals surface area (Å²) in [4.78, 5) is 0. The summed E-state index contributed by atoms with van der Waals surface area (Å²) in [5.41, 5.74) is 1.83. The first kappa shape index (κ1) is 16.5. The van der Waals surface area contributed by atoms with Crippen LogP contribution < -0.4 is 19.5 Å². The molecule has 2 rings (SSSR count). The van der Waals surface area contributed by atoms with E-state index in [1.807, 2.05) is 24.3 Å². The second-order valence-electron chi connectivity index (χ2n) is 4.55. The van der Waals surface area contributed by atoms with Gasteiger partial charge in [0, 0.05) is 12.6 Å². The molecule has 2 aromatic rings. The fourth-order valence-electron chi connectivity index (χ4n) is 2.03. The zero-order valence-electron chi connectivity index (χ0n) is 12.6. The van der Waals surface area contributed by atoms with Crippen LogP contribution >= 0.6 is 22.6 Å². The molecule has 0 amide bonds. The molecule has 0 unspecified atom stereocenters. The maximum Gasteiger partial charge on any atom is 0.171 e. The van der Waals surface area contributed by atoms with Crippen molar-refractivity contribution in [2.75, 3.05) is 26.6 Å². The quantitative estimate of drug-likeness (QED) is 0.706. The standard InChI is InChI=1S/C16H18INO4/c1-20-11-4-5-14(21-2)13(8-11)18-9-10-6-12(17)16(19)15(7-10)22-3/h4-8,18-19H,9H2,1-3H3. The van der Waals surface area contributed by atoms with Crippen LogP contribution in [0.4, 0.5) is 5.69 Å².